The molecular formula is C16H21FN4O2. The quantitative estimate of drug-likeness (QED) is 0.884. The predicted octanol–water partition coefficient (Wildman–Crippen LogP) is 2.25. The first kappa shape index (κ1) is 17.1. The summed E-state index contributed by atoms with van der Waals surface area (Å²) < 4.78 is 19.1. The molecule has 124 valence electrons. The third-order valence-electron chi connectivity index (χ3n) is 3.50. The molecule has 0 aliphatic heterocycles. The lowest BCUT2D eigenvalue weighted by Crippen LogP contribution is -2.40. The van der Waals surface area contributed by atoms with Gasteiger partial charge >= 0.3 is 0 Å². The monoisotopic (exact) mass is 320 g/mol. The number of nitrogens with zero attached hydrogens (tertiary/aromatic N) is 3. The van der Waals surface area contributed by atoms with Crippen LogP contribution in [0.4, 0.5) is 4.39 Å². The van der Waals surface area contributed by atoms with Crippen LogP contribution in [0.25, 0.3) is 11.4 Å². The third-order valence-corrected chi connectivity index (χ3v) is 3.50. The van der Waals surface area contributed by atoms with Gasteiger partial charge in [-0.1, -0.05) is 18.1 Å². The number of halogens is 1. The topological polar surface area (TPSA) is 71.3 Å². The molecule has 1 N–H and O–H groups in total. The van der Waals surface area contributed by atoms with Crippen molar-refractivity contribution >= 4 is 5.91 Å². The van der Waals surface area contributed by atoms with Crippen molar-refractivity contribution in [1.82, 2.24) is 20.4 Å². The van der Waals surface area contributed by atoms with Crippen LogP contribution >= 0.6 is 0 Å². The van der Waals surface area contributed by atoms with E-state index in [9.17, 15) is 9.18 Å². The van der Waals surface area contributed by atoms with Crippen LogP contribution in [0.2, 0.25) is 0 Å². The number of nitrogens with one attached hydrogen (secondary N) is 1. The van der Waals surface area contributed by atoms with E-state index in [0.717, 1.165) is 6.54 Å². The summed E-state index contributed by atoms with van der Waals surface area (Å²) in [5.74, 6) is -0.351. The Bertz CT molecular complexity index is 686. The summed E-state index contributed by atoms with van der Waals surface area (Å²) in [6, 6.07) is 4.20. The van der Waals surface area contributed by atoms with Crippen LogP contribution in [0.1, 0.15) is 30.1 Å². The van der Waals surface area contributed by atoms with E-state index in [1.165, 1.54) is 12.1 Å². The summed E-state index contributed by atoms with van der Waals surface area (Å²) in [4.78, 5) is 18.3. The van der Waals surface area contributed by atoms with Crippen LogP contribution in [-0.2, 0) is 0 Å². The van der Waals surface area contributed by atoms with Crippen LogP contribution in [0, 0.1) is 12.7 Å². The van der Waals surface area contributed by atoms with E-state index in [-0.39, 0.29) is 11.6 Å². The smallest absolute Gasteiger partial charge is 0.254 e. The lowest BCUT2D eigenvalue weighted by molar-refractivity contribution is 0.0928. The average molecular weight is 320 g/mol. The Kier molecular flexibility index (Phi) is 5.44. The Balaban J connectivity index is 2.09. The Hall–Kier alpha value is -2.28. The Morgan fingerprint density at radius 3 is 2.78 bits per heavy atom. The van der Waals surface area contributed by atoms with Crippen LogP contribution in [-0.4, -0.2) is 47.1 Å². The van der Waals surface area contributed by atoms with Gasteiger partial charge in [0.15, 0.2) is 0 Å². The van der Waals surface area contributed by atoms with Gasteiger partial charge in [0.25, 0.3) is 5.91 Å². The number of aryl methyl sites for hydroxylation is 1. The normalized spacial score (nSPS) is 12.4. The lowest BCUT2D eigenvalue weighted by atomic mass is 10.1. The van der Waals surface area contributed by atoms with Gasteiger partial charge in [-0.25, -0.2) is 4.39 Å². The van der Waals surface area contributed by atoms with E-state index in [4.69, 9.17) is 4.52 Å². The molecule has 0 unspecified atom stereocenters. The highest BCUT2D eigenvalue weighted by atomic mass is 19.1. The van der Waals surface area contributed by atoms with Crippen molar-refractivity contribution in [3.8, 4) is 11.4 Å². The van der Waals surface area contributed by atoms with Gasteiger partial charge in [0.2, 0.25) is 11.7 Å². The molecule has 0 aliphatic carbocycles. The molecule has 2 rings (SSSR count). The molecule has 1 atom stereocenters. The largest absolute Gasteiger partial charge is 0.348 e. The molecule has 1 aromatic heterocycles. The average Bonchev–Trinajstić information content (AvgIpc) is 2.93. The lowest BCUT2D eigenvalue weighted by Gasteiger charge is -2.20. The van der Waals surface area contributed by atoms with Crippen LogP contribution in [0.15, 0.2) is 22.7 Å². The van der Waals surface area contributed by atoms with Crippen molar-refractivity contribution in [3.05, 3.63) is 35.5 Å². The zero-order valence-electron chi connectivity index (χ0n) is 13.8. The fourth-order valence-electron chi connectivity index (χ4n) is 2.20. The SMILES string of the molecule is CCN(C)C[C@@H](C)NC(=O)c1ccc(-c2noc(C)n2)cc1F. The first-order valence-corrected chi connectivity index (χ1v) is 7.50. The summed E-state index contributed by atoms with van der Waals surface area (Å²) in [6.07, 6.45) is 0. The maximum atomic E-state index is 14.2. The van der Waals surface area contributed by atoms with E-state index in [2.05, 4.69) is 20.4 Å². The molecule has 1 aromatic carbocycles. The first-order chi connectivity index (χ1) is 10.9. The number of carbonyl (C=O) groups is 1. The van der Waals surface area contributed by atoms with E-state index in [0.29, 0.717) is 23.8 Å². The standard InChI is InChI=1S/C16H21FN4O2/c1-5-21(4)9-10(2)18-16(22)13-7-6-12(8-14(13)17)15-19-11(3)23-20-15/h6-8,10H,5,9H2,1-4H3,(H,18,22)/t10-/m1/s1. The van der Waals surface area contributed by atoms with Gasteiger partial charge in [-0.2, -0.15) is 4.98 Å². The third kappa shape index (κ3) is 4.35. The van der Waals surface area contributed by atoms with Gasteiger partial charge in [0.05, 0.1) is 5.56 Å². The second kappa shape index (κ2) is 7.32. The molecule has 6 nitrogen and oxygen atoms in total. The molecule has 1 heterocycles. The second-order valence-corrected chi connectivity index (χ2v) is 5.56. The summed E-state index contributed by atoms with van der Waals surface area (Å²) in [5.41, 5.74) is 0.467. The molecule has 0 bridgehead atoms. The van der Waals surface area contributed by atoms with Gasteiger partial charge in [0, 0.05) is 25.1 Å². The Labute approximate surface area is 134 Å². The highest BCUT2D eigenvalue weighted by molar-refractivity contribution is 5.95. The van der Waals surface area contributed by atoms with Crippen molar-refractivity contribution in [3.63, 3.8) is 0 Å². The predicted molar refractivity (Wildman–Crippen MR) is 84.5 cm³/mol. The van der Waals surface area contributed by atoms with Gasteiger partial charge < -0.3 is 14.7 Å². The molecular weight excluding hydrogens is 299 g/mol. The zero-order chi connectivity index (χ0) is 17.0. The zero-order valence-corrected chi connectivity index (χ0v) is 13.8. The fraction of sp³-hybridized carbons (Fsp3) is 0.438. The summed E-state index contributed by atoms with van der Waals surface area (Å²) >= 11 is 0. The number of carbonyl (C=O) groups excluding carboxylic acids is 1. The highest BCUT2D eigenvalue weighted by Crippen LogP contribution is 2.19. The Morgan fingerprint density at radius 2 is 2.22 bits per heavy atom. The molecule has 1 amide bonds. The molecule has 2 aromatic rings. The molecule has 0 saturated heterocycles. The molecule has 0 fully saturated rings. The van der Waals surface area contributed by atoms with Crippen molar-refractivity contribution in [1.29, 1.82) is 0 Å². The van der Waals surface area contributed by atoms with Crippen molar-refractivity contribution in [2.75, 3.05) is 20.1 Å². The summed E-state index contributed by atoms with van der Waals surface area (Å²) in [7, 11) is 1.96. The highest BCUT2D eigenvalue weighted by Gasteiger charge is 2.17. The molecule has 0 saturated carbocycles. The summed E-state index contributed by atoms with van der Waals surface area (Å²) in [6.45, 7) is 7.16. The number of aromatic nitrogens is 2. The minimum Gasteiger partial charge on any atom is -0.348 e. The number of benzene rings is 1. The van der Waals surface area contributed by atoms with E-state index < -0.39 is 11.7 Å². The minimum atomic E-state index is -0.613. The number of likely N-dealkylation sites (N-methyl/N-ethyl adjacent to an activating group) is 1. The van der Waals surface area contributed by atoms with E-state index in [1.807, 2.05) is 20.9 Å². The van der Waals surface area contributed by atoms with Crippen LogP contribution < -0.4 is 5.32 Å². The van der Waals surface area contributed by atoms with Crippen LogP contribution in [0.3, 0.4) is 0 Å². The minimum absolute atomic E-state index is 0.0000293. The fourth-order valence-corrected chi connectivity index (χ4v) is 2.20. The number of amides is 1. The maximum absolute atomic E-state index is 14.2. The molecule has 7 heteroatoms. The molecule has 0 radical (unpaired) electrons. The van der Waals surface area contributed by atoms with E-state index in [1.54, 1.807) is 13.0 Å². The van der Waals surface area contributed by atoms with Crippen molar-refractivity contribution < 1.29 is 13.7 Å². The maximum Gasteiger partial charge on any atom is 0.254 e. The van der Waals surface area contributed by atoms with Gasteiger partial charge in [-0.05, 0) is 32.6 Å². The van der Waals surface area contributed by atoms with Crippen LogP contribution in [0.5, 0.6) is 0 Å². The molecule has 23 heavy (non-hydrogen) atoms. The number of rotatable bonds is 6. The summed E-state index contributed by atoms with van der Waals surface area (Å²) in [5, 5.41) is 6.53. The van der Waals surface area contributed by atoms with Crippen molar-refractivity contribution in [2.24, 2.45) is 0 Å². The Morgan fingerprint density at radius 1 is 1.48 bits per heavy atom. The van der Waals surface area contributed by atoms with E-state index >= 15 is 0 Å². The molecule has 0 spiro atoms. The first-order valence-electron chi connectivity index (χ1n) is 7.50. The second-order valence-electron chi connectivity index (χ2n) is 5.56. The van der Waals surface area contributed by atoms with Gasteiger partial charge in [-0.15, -0.1) is 0 Å². The number of hydrogen-bond acceptors (Lipinski definition) is 5. The number of hydrogen-bond donors (Lipinski definition) is 1. The molecule has 0 aliphatic rings. The van der Waals surface area contributed by atoms with Gasteiger partial charge in [0.1, 0.15) is 5.82 Å². The van der Waals surface area contributed by atoms with Gasteiger partial charge in [-0.3, -0.25) is 4.79 Å². The van der Waals surface area contributed by atoms with Crippen molar-refractivity contribution in [2.45, 2.75) is 26.8 Å².